The van der Waals surface area contributed by atoms with Gasteiger partial charge < -0.3 is 5.32 Å². The Kier molecular flexibility index (Phi) is 6.48. The first kappa shape index (κ1) is 19.4. The minimum atomic E-state index is -0.279. The summed E-state index contributed by atoms with van der Waals surface area (Å²) in [6.07, 6.45) is 0.671. The zero-order valence-corrected chi connectivity index (χ0v) is 16.7. The van der Waals surface area contributed by atoms with Crippen LogP contribution in [0.2, 0.25) is 5.02 Å². The van der Waals surface area contributed by atoms with Crippen molar-refractivity contribution in [2.45, 2.75) is 30.5 Å². The molecule has 0 saturated carbocycles. The summed E-state index contributed by atoms with van der Waals surface area (Å²) in [6.45, 7) is 3.84. The predicted molar refractivity (Wildman–Crippen MR) is 112 cm³/mol. The number of anilines is 1. The molecule has 3 rings (SSSR count). The molecule has 1 aromatic heterocycles. The number of para-hydroxylation sites is 1. The molecule has 1 unspecified atom stereocenters. The Labute approximate surface area is 168 Å². The summed E-state index contributed by atoms with van der Waals surface area (Å²) in [5, 5.41) is 3.93. The average molecular weight is 398 g/mol. The quantitative estimate of drug-likeness (QED) is 0.433. The third kappa shape index (κ3) is 5.08. The van der Waals surface area contributed by atoms with Gasteiger partial charge >= 0.3 is 0 Å². The third-order valence-electron chi connectivity index (χ3n) is 3.94. The molecule has 0 radical (unpaired) electrons. The minimum Gasteiger partial charge on any atom is -0.324 e. The summed E-state index contributed by atoms with van der Waals surface area (Å²) in [5.41, 5.74) is 2.50. The molecular weight excluding hydrogens is 378 g/mol. The van der Waals surface area contributed by atoms with Crippen molar-refractivity contribution >= 4 is 35.0 Å². The van der Waals surface area contributed by atoms with Crippen LogP contribution in [0.15, 0.2) is 65.7 Å². The van der Waals surface area contributed by atoms with Gasteiger partial charge in [0.15, 0.2) is 0 Å². The number of benzene rings is 2. The van der Waals surface area contributed by atoms with E-state index in [1.165, 1.54) is 11.8 Å². The lowest BCUT2D eigenvalue weighted by atomic mass is 10.1. The van der Waals surface area contributed by atoms with Gasteiger partial charge in [-0.25, -0.2) is 9.97 Å². The van der Waals surface area contributed by atoms with Crippen molar-refractivity contribution in [1.82, 2.24) is 9.97 Å². The Hall–Kier alpha value is -2.37. The van der Waals surface area contributed by atoms with Crippen LogP contribution in [0.4, 0.5) is 5.69 Å². The van der Waals surface area contributed by atoms with Crippen LogP contribution in [-0.2, 0) is 4.79 Å². The lowest BCUT2D eigenvalue weighted by molar-refractivity contribution is -0.115. The number of nitrogens with zero attached hydrogens (tertiary/aromatic N) is 2. The number of aromatic nitrogens is 2. The molecule has 4 nitrogen and oxygen atoms in total. The number of amides is 1. The molecule has 1 amide bonds. The van der Waals surface area contributed by atoms with E-state index < -0.39 is 0 Å². The van der Waals surface area contributed by atoms with Gasteiger partial charge in [0, 0.05) is 5.56 Å². The van der Waals surface area contributed by atoms with E-state index in [2.05, 4.69) is 15.3 Å². The highest BCUT2D eigenvalue weighted by Crippen LogP contribution is 2.29. The topological polar surface area (TPSA) is 54.9 Å². The number of hydrogen-bond acceptors (Lipinski definition) is 4. The first-order chi connectivity index (χ1) is 13.1. The molecule has 6 heteroatoms. The van der Waals surface area contributed by atoms with E-state index in [9.17, 15) is 4.79 Å². The van der Waals surface area contributed by atoms with Crippen LogP contribution in [0.5, 0.6) is 0 Å². The maximum Gasteiger partial charge on any atom is 0.237 e. The van der Waals surface area contributed by atoms with Crippen molar-refractivity contribution in [3.63, 3.8) is 0 Å². The number of halogens is 1. The average Bonchev–Trinajstić information content (AvgIpc) is 2.68. The Morgan fingerprint density at radius 3 is 2.52 bits per heavy atom. The molecule has 3 aromatic rings. The highest BCUT2D eigenvalue weighted by atomic mass is 35.5. The van der Waals surface area contributed by atoms with Crippen LogP contribution >= 0.6 is 23.4 Å². The van der Waals surface area contributed by atoms with Crippen molar-refractivity contribution in [3.05, 3.63) is 71.5 Å². The molecular formula is C21H20ClN3OS. The van der Waals surface area contributed by atoms with Crippen LogP contribution in [0.3, 0.4) is 0 Å². The minimum absolute atomic E-state index is 0.0897. The summed E-state index contributed by atoms with van der Waals surface area (Å²) in [4.78, 5) is 21.7. The maximum atomic E-state index is 12.7. The van der Waals surface area contributed by atoms with E-state index in [0.717, 1.165) is 16.3 Å². The van der Waals surface area contributed by atoms with Crippen LogP contribution in [-0.4, -0.2) is 21.1 Å². The standard InChI is InChI=1S/C21H20ClN3OS/c1-3-19(21(26)25-17-12-8-7-11-16(17)22)27-20-13-18(23-14(2)24-20)15-9-5-4-6-10-15/h4-13,19H,3H2,1-2H3,(H,25,26). The van der Waals surface area contributed by atoms with Crippen molar-refractivity contribution < 1.29 is 4.79 Å². The molecule has 0 saturated heterocycles. The van der Waals surface area contributed by atoms with E-state index in [0.29, 0.717) is 23.0 Å². The summed E-state index contributed by atoms with van der Waals surface area (Å²) in [5.74, 6) is 0.591. The van der Waals surface area contributed by atoms with Gasteiger partial charge in [-0.3, -0.25) is 4.79 Å². The fourth-order valence-electron chi connectivity index (χ4n) is 2.60. The molecule has 2 aromatic carbocycles. The molecule has 1 heterocycles. The van der Waals surface area contributed by atoms with Crippen molar-refractivity contribution in [3.8, 4) is 11.3 Å². The summed E-state index contributed by atoms with van der Waals surface area (Å²) in [7, 11) is 0. The molecule has 138 valence electrons. The first-order valence-electron chi connectivity index (χ1n) is 8.70. The van der Waals surface area contributed by atoms with Crippen LogP contribution < -0.4 is 5.32 Å². The SMILES string of the molecule is CCC(Sc1cc(-c2ccccc2)nc(C)n1)C(=O)Nc1ccccc1Cl. The number of aryl methyl sites for hydroxylation is 1. The first-order valence-corrected chi connectivity index (χ1v) is 9.95. The van der Waals surface area contributed by atoms with E-state index in [4.69, 9.17) is 11.6 Å². The number of carbonyl (C=O) groups is 1. The second-order valence-corrected chi connectivity index (χ2v) is 7.62. The molecule has 0 aliphatic carbocycles. The maximum absolute atomic E-state index is 12.7. The summed E-state index contributed by atoms with van der Waals surface area (Å²) < 4.78 is 0. The number of nitrogens with one attached hydrogen (secondary N) is 1. The van der Waals surface area contributed by atoms with E-state index in [1.807, 2.05) is 62.4 Å². The molecule has 0 aliphatic heterocycles. The Morgan fingerprint density at radius 1 is 1.11 bits per heavy atom. The Bertz CT molecular complexity index is 934. The predicted octanol–water partition coefficient (Wildman–Crippen LogP) is 5.61. The van der Waals surface area contributed by atoms with E-state index in [-0.39, 0.29) is 11.2 Å². The van der Waals surface area contributed by atoms with Gasteiger partial charge in [0.1, 0.15) is 10.9 Å². The number of hydrogen-bond donors (Lipinski definition) is 1. The fourth-order valence-corrected chi connectivity index (χ4v) is 3.77. The Morgan fingerprint density at radius 2 is 1.81 bits per heavy atom. The van der Waals surface area contributed by atoms with Crippen LogP contribution in [0.1, 0.15) is 19.2 Å². The number of carbonyl (C=O) groups excluding carboxylic acids is 1. The lowest BCUT2D eigenvalue weighted by Gasteiger charge is -2.15. The van der Waals surface area contributed by atoms with Gasteiger partial charge in [0.2, 0.25) is 5.91 Å². The number of rotatable bonds is 6. The summed E-state index contributed by atoms with van der Waals surface area (Å²) >= 11 is 7.58. The molecule has 1 N–H and O–H groups in total. The smallest absolute Gasteiger partial charge is 0.237 e. The third-order valence-corrected chi connectivity index (χ3v) is 5.55. The van der Waals surface area contributed by atoms with Gasteiger partial charge in [0.25, 0.3) is 0 Å². The molecule has 1 atom stereocenters. The van der Waals surface area contributed by atoms with Crippen LogP contribution in [0.25, 0.3) is 11.3 Å². The highest BCUT2D eigenvalue weighted by molar-refractivity contribution is 8.00. The highest BCUT2D eigenvalue weighted by Gasteiger charge is 2.20. The second kappa shape index (κ2) is 9.02. The Balaban J connectivity index is 1.79. The largest absolute Gasteiger partial charge is 0.324 e. The zero-order chi connectivity index (χ0) is 19.2. The van der Waals surface area contributed by atoms with Gasteiger partial charge in [0.05, 0.1) is 21.7 Å². The molecule has 0 aliphatic rings. The second-order valence-electron chi connectivity index (χ2n) is 5.99. The van der Waals surface area contributed by atoms with Crippen molar-refractivity contribution in [1.29, 1.82) is 0 Å². The molecule has 27 heavy (non-hydrogen) atoms. The molecule has 0 fully saturated rings. The van der Waals surface area contributed by atoms with E-state index >= 15 is 0 Å². The van der Waals surface area contributed by atoms with Gasteiger partial charge in [-0.1, -0.05) is 72.8 Å². The zero-order valence-electron chi connectivity index (χ0n) is 15.1. The summed E-state index contributed by atoms with van der Waals surface area (Å²) in [6, 6.07) is 19.1. The normalized spacial score (nSPS) is 11.8. The molecule has 0 bridgehead atoms. The van der Waals surface area contributed by atoms with Gasteiger partial charge in [-0.2, -0.15) is 0 Å². The van der Waals surface area contributed by atoms with E-state index in [1.54, 1.807) is 12.1 Å². The number of thioether (sulfide) groups is 1. The molecule has 0 spiro atoms. The fraction of sp³-hybridized carbons (Fsp3) is 0.190. The van der Waals surface area contributed by atoms with Crippen LogP contribution in [0, 0.1) is 6.92 Å². The van der Waals surface area contributed by atoms with Gasteiger partial charge in [-0.15, -0.1) is 0 Å². The van der Waals surface area contributed by atoms with Crippen molar-refractivity contribution in [2.75, 3.05) is 5.32 Å². The lowest BCUT2D eigenvalue weighted by Crippen LogP contribution is -2.24. The van der Waals surface area contributed by atoms with Gasteiger partial charge in [-0.05, 0) is 31.5 Å². The van der Waals surface area contributed by atoms with Crippen molar-refractivity contribution in [2.24, 2.45) is 0 Å². The monoisotopic (exact) mass is 397 g/mol.